The summed E-state index contributed by atoms with van der Waals surface area (Å²) < 4.78 is 4.92. The molecule has 7 nitrogen and oxygen atoms in total. The van der Waals surface area contributed by atoms with Gasteiger partial charge in [0.1, 0.15) is 0 Å². The van der Waals surface area contributed by atoms with E-state index in [4.69, 9.17) is 4.74 Å². The summed E-state index contributed by atoms with van der Waals surface area (Å²) in [6, 6.07) is 0.362. The van der Waals surface area contributed by atoms with E-state index in [2.05, 4.69) is 27.4 Å². The molecule has 144 valence electrons. The lowest BCUT2D eigenvalue weighted by Crippen LogP contribution is -2.52. The average Bonchev–Trinajstić information content (AvgIpc) is 2.59. The van der Waals surface area contributed by atoms with E-state index < -0.39 is 0 Å². The topological polar surface area (TPSA) is 73.9 Å². The van der Waals surface area contributed by atoms with E-state index in [1.54, 1.807) is 7.11 Å². The van der Waals surface area contributed by atoms with Crippen molar-refractivity contribution in [3.63, 3.8) is 0 Å². The van der Waals surface area contributed by atoms with Crippen molar-refractivity contribution in [2.24, 2.45) is 5.92 Å². The lowest BCUT2D eigenvalue weighted by atomic mass is 9.87. The third-order valence-corrected chi connectivity index (χ3v) is 5.21. The molecule has 2 fully saturated rings. The van der Waals surface area contributed by atoms with Gasteiger partial charge in [-0.1, -0.05) is 6.92 Å². The molecule has 2 rings (SSSR count). The second kappa shape index (κ2) is 10.7. The molecule has 0 aromatic rings. The van der Waals surface area contributed by atoms with Crippen LogP contribution < -0.4 is 10.6 Å². The van der Waals surface area contributed by atoms with E-state index in [-0.39, 0.29) is 11.8 Å². The van der Waals surface area contributed by atoms with Crippen LogP contribution in [-0.2, 0) is 14.3 Å². The number of piperazine rings is 1. The van der Waals surface area contributed by atoms with Crippen molar-refractivity contribution in [1.29, 1.82) is 0 Å². The first kappa shape index (κ1) is 20.1. The van der Waals surface area contributed by atoms with Crippen LogP contribution in [0.25, 0.3) is 0 Å². The van der Waals surface area contributed by atoms with Crippen molar-refractivity contribution < 1.29 is 14.3 Å². The third kappa shape index (κ3) is 7.71. The monoisotopic (exact) mass is 354 g/mol. The van der Waals surface area contributed by atoms with Gasteiger partial charge in [0.15, 0.2) is 0 Å². The van der Waals surface area contributed by atoms with E-state index in [1.807, 2.05) is 0 Å². The van der Waals surface area contributed by atoms with Gasteiger partial charge in [0.05, 0.1) is 19.7 Å². The molecular weight excluding hydrogens is 320 g/mol. The standard InChI is InChI=1S/C18H34N4O3/c1-15-3-5-16(6-4-15)20-18(24)14-22-10-8-21(9-11-22)13-17(23)19-7-12-25-2/h15-16H,3-14H2,1-2H3,(H,19,23)(H,20,24). The summed E-state index contributed by atoms with van der Waals surface area (Å²) in [6.07, 6.45) is 4.66. The number of rotatable bonds is 8. The maximum atomic E-state index is 12.2. The number of carbonyl (C=O) groups excluding carboxylic acids is 2. The molecule has 1 saturated carbocycles. The predicted molar refractivity (Wildman–Crippen MR) is 97.3 cm³/mol. The normalized spacial score (nSPS) is 25.5. The summed E-state index contributed by atoms with van der Waals surface area (Å²) in [4.78, 5) is 28.3. The fourth-order valence-corrected chi connectivity index (χ4v) is 3.54. The number of methoxy groups -OCH3 is 1. The minimum atomic E-state index is 0.0368. The highest BCUT2D eigenvalue weighted by atomic mass is 16.5. The first-order chi connectivity index (χ1) is 12.1. The fourth-order valence-electron chi connectivity index (χ4n) is 3.54. The molecule has 0 radical (unpaired) electrons. The van der Waals surface area contributed by atoms with Crippen molar-refractivity contribution in [2.75, 3.05) is 59.5 Å². The van der Waals surface area contributed by atoms with Crippen LogP contribution in [0.3, 0.4) is 0 Å². The Morgan fingerprint density at radius 2 is 1.52 bits per heavy atom. The second-order valence-electron chi connectivity index (χ2n) is 7.42. The Balaban J connectivity index is 1.58. The van der Waals surface area contributed by atoms with Gasteiger partial charge in [-0.3, -0.25) is 19.4 Å². The number of nitrogens with zero attached hydrogens (tertiary/aromatic N) is 2. The molecule has 0 atom stereocenters. The largest absolute Gasteiger partial charge is 0.383 e. The molecule has 7 heteroatoms. The van der Waals surface area contributed by atoms with Crippen molar-refractivity contribution >= 4 is 11.8 Å². The van der Waals surface area contributed by atoms with Gasteiger partial charge in [-0.2, -0.15) is 0 Å². The highest BCUT2D eigenvalue weighted by molar-refractivity contribution is 5.78. The van der Waals surface area contributed by atoms with Crippen LogP contribution in [-0.4, -0.2) is 87.2 Å². The molecule has 2 aliphatic rings. The smallest absolute Gasteiger partial charge is 0.234 e. The van der Waals surface area contributed by atoms with Crippen molar-refractivity contribution in [3.05, 3.63) is 0 Å². The Hall–Kier alpha value is -1.18. The minimum absolute atomic E-state index is 0.0368. The summed E-state index contributed by atoms with van der Waals surface area (Å²) in [7, 11) is 1.62. The number of hydrogen-bond acceptors (Lipinski definition) is 5. The highest BCUT2D eigenvalue weighted by Gasteiger charge is 2.23. The van der Waals surface area contributed by atoms with E-state index >= 15 is 0 Å². The van der Waals surface area contributed by atoms with Gasteiger partial charge in [-0.25, -0.2) is 0 Å². The summed E-state index contributed by atoms with van der Waals surface area (Å²) in [5.41, 5.74) is 0. The molecular formula is C18H34N4O3. The van der Waals surface area contributed by atoms with Crippen LogP contribution >= 0.6 is 0 Å². The van der Waals surface area contributed by atoms with Crippen molar-refractivity contribution in [2.45, 2.75) is 38.6 Å². The van der Waals surface area contributed by atoms with Gasteiger partial charge in [-0.15, -0.1) is 0 Å². The quantitative estimate of drug-likeness (QED) is 0.603. The summed E-state index contributed by atoms with van der Waals surface area (Å²) in [5, 5.41) is 6.03. The molecule has 25 heavy (non-hydrogen) atoms. The Labute approximate surface area is 151 Å². The first-order valence-corrected chi connectivity index (χ1v) is 9.56. The molecule has 0 aromatic heterocycles. The van der Waals surface area contributed by atoms with E-state index in [0.717, 1.165) is 44.9 Å². The van der Waals surface area contributed by atoms with Crippen LogP contribution in [0, 0.1) is 5.92 Å². The molecule has 1 aliphatic heterocycles. The number of ether oxygens (including phenoxy) is 1. The molecule has 1 saturated heterocycles. The number of amides is 2. The average molecular weight is 354 g/mol. The fraction of sp³-hybridized carbons (Fsp3) is 0.889. The predicted octanol–water partition coefficient (Wildman–Crippen LogP) is 0.0615. The van der Waals surface area contributed by atoms with Gasteiger partial charge in [0.25, 0.3) is 0 Å². The van der Waals surface area contributed by atoms with E-state index in [1.165, 1.54) is 12.8 Å². The molecule has 0 unspecified atom stereocenters. The highest BCUT2D eigenvalue weighted by Crippen LogP contribution is 2.23. The number of carbonyl (C=O) groups is 2. The van der Waals surface area contributed by atoms with Crippen LogP contribution in [0.1, 0.15) is 32.6 Å². The zero-order chi connectivity index (χ0) is 18.1. The van der Waals surface area contributed by atoms with Crippen molar-refractivity contribution in [1.82, 2.24) is 20.4 Å². The summed E-state index contributed by atoms with van der Waals surface area (Å²) in [6.45, 7) is 7.59. The molecule has 1 heterocycles. The molecule has 0 aromatic carbocycles. The zero-order valence-electron chi connectivity index (χ0n) is 15.8. The zero-order valence-corrected chi connectivity index (χ0v) is 15.8. The molecule has 2 N–H and O–H groups in total. The second-order valence-corrected chi connectivity index (χ2v) is 7.42. The maximum Gasteiger partial charge on any atom is 0.234 e. The Morgan fingerprint density at radius 1 is 0.960 bits per heavy atom. The van der Waals surface area contributed by atoms with E-state index in [0.29, 0.717) is 32.3 Å². The van der Waals surface area contributed by atoms with Gasteiger partial charge in [0.2, 0.25) is 11.8 Å². The number of nitrogens with one attached hydrogen (secondary N) is 2. The van der Waals surface area contributed by atoms with Crippen LogP contribution in [0.15, 0.2) is 0 Å². The van der Waals surface area contributed by atoms with Gasteiger partial charge >= 0.3 is 0 Å². The lowest BCUT2D eigenvalue weighted by Gasteiger charge is -2.34. The van der Waals surface area contributed by atoms with E-state index in [9.17, 15) is 9.59 Å². The molecule has 2 amide bonds. The Kier molecular flexibility index (Phi) is 8.64. The first-order valence-electron chi connectivity index (χ1n) is 9.56. The Morgan fingerprint density at radius 3 is 2.08 bits per heavy atom. The van der Waals surface area contributed by atoms with Crippen LogP contribution in [0.4, 0.5) is 0 Å². The summed E-state index contributed by atoms with van der Waals surface area (Å²) >= 11 is 0. The van der Waals surface area contributed by atoms with Gasteiger partial charge in [-0.05, 0) is 31.6 Å². The van der Waals surface area contributed by atoms with Crippen molar-refractivity contribution in [3.8, 4) is 0 Å². The van der Waals surface area contributed by atoms with Gasteiger partial charge < -0.3 is 15.4 Å². The van der Waals surface area contributed by atoms with Crippen LogP contribution in [0.5, 0.6) is 0 Å². The summed E-state index contributed by atoms with van der Waals surface area (Å²) in [5.74, 6) is 0.980. The molecule has 0 bridgehead atoms. The molecule has 1 aliphatic carbocycles. The molecule has 0 spiro atoms. The number of hydrogen-bond donors (Lipinski definition) is 2. The SMILES string of the molecule is COCCNC(=O)CN1CCN(CC(=O)NC2CCC(C)CC2)CC1. The Bertz CT molecular complexity index is 417. The third-order valence-electron chi connectivity index (χ3n) is 5.21. The van der Waals surface area contributed by atoms with Crippen LogP contribution in [0.2, 0.25) is 0 Å². The maximum absolute atomic E-state index is 12.2. The lowest BCUT2D eigenvalue weighted by molar-refractivity contribution is -0.125. The minimum Gasteiger partial charge on any atom is -0.383 e. The van der Waals surface area contributed by atoms with Gasteiger partial charge in [0, 0.05) is 45.9 Å².